The van der Waals surface area contributed by atoms with Gasteiger partial charge in [-0.1, -0.05) is 0 Å². The molecular formula is C18H21Br2N3O4S. The summed E-state index contributed by atoms with van der Waals surface area (Å²) in [5, 5.41) is 6.61. The second kappa shape index (κ2) is 11.4. The van der Waals surface area contributed by atoms with Gasteiger partial charge in [0.1, 0.15) is 0 Å². The molecule has 0 radical (unpaired) electrons. The number of hydrogen-bond acceptors (Lipinski definition) is 8. The summed E-state index contributed by atoms with van der Waals surface area (Å²) < 4.78 is 17.8. The molecule has 28 heavy (non-hydrogen) atoms. The van der Waals surface area contributed by atoms with Crippen molar-refractivity contribution in [2.75, 3.05) is 25.2 Å². The first-order valence-electron chi connectivity index (χ1n) is 8.66. The fraction of sp³-hybridized carbons (Fsp3) is 0.389. The maximum atomic E-state index is 11.5. The molecule has 152 valence electrons. The van der Waals surface area contributed by atoms with Crippen LogP contribution >= 0.6 is 43.2 Å². The number of nitrogens with zero attached hydrogens (tertiary/aromatic N) is 2. The van der Waals surface area contributed by atoms with Gasteiger partial charge in [-0.15, -0.1) is 11.3 Å². The Morgan fingerprint density at radius 2 is 1.96 bits per heavy atom. The minimum atomic E-state index is -0.297. The number of thiazole rings is 1. The summed E-state index contributed by atoms with van der Waals surface area (Å²) in [6.07, 6.45) is 1.80. The van der Waals surface area contributed by atoms with E-state index in [2.05, 4.69) is 47.4 Å². The summed E-state index contributed by atoms with van der Waals surface area (Å²) in [6, 6.07) is 1.85. The summed E-state index contributed by atoms with van der Waals surface area (Å²) in [4.78, 5) is 15.8. The number of aromatic nitrogens is 1. The second-order valence-corrected chi connectivity index (χ2v) is 7.73. The number of esters is 1. The van der Waals surface area contributed by atoms with Crippen molar-refractivity contribution in [3.05, 3.63) is 31.6 Å². The standard InChI is InChI=1S/C18H21Br2N3O4S/c1-4-25-13-7-11(15(19)16(20)17(13)27-6-3)9-21-23-18-22-12(10-28-18)8-14(24)26-5-2/h7,9-10H,4-6,8H2,1-3H3,(H,22,23). The molecule has 10 heteroatoms. The Bertz CT molecular complexity index is 842. The van der Waals surface area contributed by atoms with Gasteiger partial charge in [-0.3, -0.25) is 10.2 Å². The van der Waals surface area contributed by atoms with Crippen LogP contribution in [0.5, 0.6) is 11.5 Å². The lowest BCUT2D eigenvalue weighted by Crippen LogP contribution is -2.07. The van der Waals surface area contributed by atoms with E-state index in [0.29, 0.717) is 42.1 Å². The molecule has 0 aliphatic carbocycles. The zero-order valence-corrected chi connectivity index (χ0v) is 19.7. The second-order valence-electron chi connectivity index (χ2n) is 5.28. The minimum absolute atomic E-state index is 0.144. The summed E-state index contributed by atoms with van der Waals surface area (Å²) >= 11 is 8.46. The van der Waals surface area contributed by atoms with Crippen LogP contribution in [0, 0.1) is 0 Å². The molecule has 7 nitrogen and oxygen atoms in total. The summed E-state index contributed by atoms with van der Waals surface area (Å²) in [5.74, 6) is 0.978. The maximum absolute atomic E-state index is 11.5. The fourth-order valence-corrected chi connectivity index (χ4v) is 3.79. The lowest BCUT2D eigenvalue weighted by atomic mass is 10.2. The van der Waals surface area contributed by atoms with Gasteiger partial charge in [0.05, 0.1) is 42.6 Å². The van der Waals surface area contributed by atoms with Crippen molar-refractivity contribution in [2.24, 2.45) is 5.10 Å². The van der Waals surface area contributed by atoms with Crippen LogP contribution in [-0.4, -0.2) is 37.0 Å². The number of hydrazone groups is 1. The molecule has 0 bridgehead atoms. The zero-order chi connectivity index (χ0) is 20.5. The Balaban J connectivity index is 2.11. The van der Waals surface area contributed by atoms with E-state index in [0.717, 1.165) is 14.5 Å². The van der Waals surface area contributed by atoms with Gasteiger partial charge in [0.15, 0.2) is 11.5 Å². The quantitative estimate of drug-likeness (QED) is 0.262. The number of anilines is 1. The molecule has 1 aromatic heterocycles. The molecule has 0 spiro atoms. The smallest absolute Gasteiger partial charge is 0.311 e. The van der Waals surface area contributed by atoms with Gasteiger partial charge in [-0.2, -0.15) is 5.10 Å². The first-order valence-corrected chi connectivity index (χ1v) is 11.1. The van der Waals surface area contributed by atoms with Crippen LogP contribution in [0.4, 0.5) is 5.13 Å². The Labute approximate surface area is 184 Å². The minimum Gasteiger partial charge on any atom is -0.490 e. The molecule has 0 unspecified atom stereocenters. The highest BCUT2D eigenvalue weighted by atomic mass is 79.9. The third-order valence-corrected chi connectivity index (χ3v) is 6.23. The van der Waals surface area contributed by atoms with Crippen molar-refractivity contribution in [1.29, 1.82) is 0 Å². The summed E-state index contributed by atoms with van der Waals surface area (Å²) in [6.45, 7) is 7.00. The monoisotopic (exact) mass is 533 g/mol. The molecule has 1 heterocycles. The van der Waals surface area contributed by atoms with Gasteiger partial charge in [0, 0.05) is 15.4 Å². The van der Waals surface area contributed by atoms with Gasteiger partial charge >= 0.3 is 5.97 Å². The van der Waals surface area contributed by atoms with E-state index >= 15 is 0 Å². The number of carbonyl (C=O) groups is 1. The van der Waals surface area contributed by atoms with E-state index in [4.69, 9.17) is 14.2 Å². The number of hydrogen-bond donors (Lipinski definition) is 1. The number of carbonyl (C=O) groups excluding carboxylic acids is 1. The lowest BCUT2D eigenvalue weighted by Gasteiger charge is -2.15. The van der Waals surface area contributed by atoms with E-state index in [9.17, 15) is 4.79 Å². The van der Waals surface area contributed by atoms with Crippen molar-refractivity contribution in [3.8, 4) is 11.5 Å². The van der Waals surface area contributed by atoms with Crippen LogP contribution in [0.15, 0.2) is 25.5 Å². The average molecular weight is 535 g/mol. The molecule has 0 saturated heterocycles. The van der Waals surface area contributed by atoms with Gasteiger partial charge in [0.2, 0.25) is 5.13 Å². The van der Waals surface area contributed by atoms with Crippen LogP contribution in [-0.2, 0) is 16.0 Å². The first kappa shape index (κ1) is 22.6. The van der Waals surface area contributed by atoms with E-state index in [-0.39, 0.29) is 12.4 Å². The molecule has 1 aromatic carbocycles. The highest BCUT2D eigenvalue weighted by Crippen LogP contribution is 2.42. The summed E-state index contributed by atoms with van der Waals surface area (Å²) in [7, 11) is 0. The molecule has 1 N–H and O–H groups in total. The van der Waals surface area contributed by atoms with Crippen molar-refractivity contribution < 1.29 is 19.0 Å². The number of ether oxygens (including phenoxy) is 3. The maximum Gasteiger partial charge on any atom is 0.311 e. The first-order chi connectivity index (χ1) is 13.5. The molecule has 2 aromatic rings. The Kier molecular flexibility index (Phi) is 9.20. The van der Waals surface area contributed by atoms with Gasteiger partial charge in [0.25, 0.3) is 0 Å². The molecule has 0 atom stereocenters. The number of halogens is 2. The van der Waals surface area contributed by atoms with Crippen molar-refractivity contribution >= 4 is 60.5 Å². The van der Waals surface area contributed by atoms with Crippen molar-refractivity contribution in [3.63, 3.8) is 0 Å². The van der Waals surface area contributed by atoms with Crippen molar-refractivity contribution in [1.82, 2.24) is 4.98 Å². The molecule has 0 aliphatic rings. The Morgan fingerprint density at radius 1 is 1.21 bits per heavy atom. The van der Waals surface area contributed by atoms with Gasteiger partial charge in [-0.25, -0.2) is 4.98 Å². The predicted octanol–water partition coefficient (Wildman–Crippen LogP) is 5.02. The van der Waals surface area contributed by atoms with E-state index in [1.54, 1.807) is 18.5 Å². The topological polar surface area (TPSA) is 82.0 Å². The van der Waals surface area contributed by atoms with E-state index < -0.39 is 0 Å². The van der Waals surface area contributed by atoms with Crippen LogP contribution in [0.3, 0.4) is 0 Å². The molecule has 0 saturated carbocycles. The van der Waals surface area contributed by atoms with Crippen LogP contribution in [0.2, 0.25) is 0 Å². The van der Waals surface area contributed by atoms with Crippen LogP contribution in [0.1, 0.15) is 32.0 Å². The van der Waals surface area contributed by atoms with E-state index in [1.807, 2.05) is 19.9 Å². The number of rotatable bonds is 10. The van der Waals surface area contributed by atoms with Crippen LogP contribution < -0.4 is 14.9 Å². The highest BCUT2D eigenvalue weighted by molar-refractivity contribution is 9.13. The predicted molar refractivity (Wildman–Crippen MR) is 118 cm³/mol. The molecule has 0 amide bonds. The SMILES string of the molecule is CCOC(=O)Cc1csc(NN=Cc2cc(OCC)c(OCC)c(Br)c2Br)n1. The van der Waals surface area contributed by atoms with Gasteiger partial charge < -0.3 is 14.2 Å². The Morgan fingerprint density at radius 3 is 2.64 bits per heavy atom. The normalized spacial score (nSPS) is 10.9. The summed E-state index contributed by atoms with van der Waals surface area (Å²) in [5.41, 5.74) is 4.32. The zero-order valence-electron chi connectivity index (χ0n) is 15.8. The van der Waals surface area contributed by atoms with Crippen molar-refractivity contribution in [2.45, 2.75) is 27.2 Å². The lowest BCUT2D eigenvalue weighted by molar-refractivity contribution is -0.142. The molecular weight excluding hydrogens is 514 g/mol. The molecule has 0 fully saturated rings. The third kappa shape index (κ3) is 6.18. The average Bonchev–Trinajstić information content (AvgIpc) is 3.10. The number of nitrogens with one attached hydrogen (secondary N) is 1. The number of benzene rings is 1. The molecule has 2 rings (SSSR count). The highest BCUT2D eigenvalue weighted by Gasteiger charge is 2.16. The molecule has 0 aliphatic heterocycles. The fourth-order valence-electron chi connectivity index (χ4n) is 2.20. The van der Waals surface area contributed by atoms with E-state index in [1.165, 1.54) is 11.3 Å². The van der Waals surface area contributed by atoms with Crippen LogP contribution in [0.25, 0.3) is 0 Å². The Hall–Kier alpha value is -1.65. The largest absolute Gasteiger partial charge is 0.490 e. The third-order valence-electron chi connectivity index (χ3n) is 3.29. The van der Waals surface area contributed by atoms with Gasteiger partial charge in [-0.05, 0) is 58.7 Å².